The van der Waals surface area contributed by atoms with Gasteiger partial charge in [-0.2, -0.15) is 13.2 Å². The molecule has 0 bridgehead atoms. The lowest BCUT2D eigenvalue weighted by Crippen LogP contribution is -2.04. The van der Waals surface area contributed by atoms with Crippen molar-refractivity contribution < 1.29 is 17.6 Å². The van der Waals surface area contributed by atoms with Gasteiger partial charge in [-0.05, 0) is 36.2 Å². The van der Waals surface area contributed by atoms with Crippen LogP contribution < -0.4 is 0 Å². The summed E-state index contributed by atoms with van der Waals surface area (Å²) in [6.07, 6.45) is -3.73. The normalized spacial score (nSPS) is 11.9. The summed E-state index contributed by atoms with van der Waals surface area (Å²) >= 11 is 0. The Balaban J connectivity index is 2.16. The highest BCUT2D eigenvalue weighted by Gasteiger charge is 2.30. The van der Waals surface area contributed by atoms with E-state index in [4.69, 9.17) is 0 Å². The van der Waals surface area contributed by atoms with Gasteiger partial charge in [0.15, 0.2) is 0 Å². The summed E-state index contributed by atoms with van der Waals surface area (Å²) in [6, 6.07) is 11.3. The van der Waals surface area contributed by atoms with E-state index in [0.717, 1.165) is 17.7 Å². The van der Waals surface area contributed by atoms with Crippen molar-refractivity contribution in [1.82, 2.24) is 4.98 Å². The zero-order valence-electron chi connectivity index (χ0n) is 12.3. The Morgan fingerprint density at radius 1 is 1.00 bits per heavy atom. The predicted molar refractivity (Wildman–Crippen MR) is 81.5 cm³/mol. The van der Waals surface area contributed by atoms with Crippen molar-refractivity contribution in [3.8, 4) is 11.3 Å². The zero-order chi connectivity index (χ0) is 16.6. The fraction of sp³-hybridized carbons (Fsp3) is 0.167. The Morgan fingerprint density at radius 3 is 2.30 bits per heavy atom. The second-order valence-electron chi connectivity index (χ2n) is 5.24. The third kappa shape index (κ3) is 2.91. The number of rotatable bonds is 2. The number of alkyl halides is 3. The molecule has 1 heterocycles. The molecule has 0 saturated carbocycles. The molecule has 0 N–H and O–H groups in total. The molecule has 0 unspecified atom stereocenters. The first-order valence-electron chi connectivity index (χ1n) is 7.16. The van der Waals surface area contributed by atoms with E-state index in [9.17, 15) is 17.6 Å². The number of halogens is 4. The molecule has 0 radical (unpaired) electrons. The number of pyridine rings is 1. The van der Waals surface area contributed by atoms with Gasteiger partial charge in [0.05, 0.1) is 11.3 Å². The molecular weight excluding hydrogens is 306 g/mol. The van der Waals surface area contributed by atoms with E-state index in [0.29, 0.717) is 23.1 Å². The van der Waals surface area contributed by atoms with E-state index in [1.807, 2.05) is 13.0 Å². The van der Waals surface area contributed by atoms with Gasteiger partial charge in [-0.25, -0.2) is 9.37 Å². The van der Waals surface area contributed by atoms with E-state index in [1.54, 1.807) is 12.1 Å². The van der Waals surface area contributed by atoms with Gasteiger partial charge in [-0.3, -0.25) is 0 Å². The average molecular weight is 319 g/mol. The molecule has 0 aliphatic heterocycles. The minimum absolute atomic E-state index is 0.222. The molecule has 0 aliphatic rings. The maximum absolute atomic E-state index is 13.9. The predicted octanol–water partition coefficient (Wildman–Crippen LogP) is 5.62. The molecule has 2 aromatic carbocycles. The minimum Gasteiger partial charge on any atom is -0.244 e. The van der Waals surface area contributed by atoms with E-state index in [-0.39, 0.29) is 5.52 Å². The van der Waals surface area contributed by atoms with Crippen LogP contribution in [0.15, 0.2) is 48.5 Å². The average Bonchev–Trinajstić information content (AvgIpc) is 2.53. The second-order valence-corrected chi connectivity index (χ2v) is 5.24. The lowest BCUT2D eigenvalue weighted by atomic mass is 10.0. The first-order chi connectivity index (χ1) is 10.9. The Bertz CT molecular complexity index is 851. The van der Waals surface area contributed by atoms with Gasteiger partial charge in [-0.1, -0.05) is 31.2 Å². The molecule has 0 spiro atoms. The first-order valence-corrected chi connectivity index (χ1v) is 7.16. The number of fused-ring (bicyclic) bond motifs is 1. The minimum atomic E-state index is -4.38. The van der Waals surface area contributed by atoms with Gasteiger partial charge in [0.2, 0.25) is 0 Å². The Kier molecular flexibility index (Phi) is 3.80. The fourth-order valence-electron chi connectivity index (χ4n) is 2.54. The SMILES string of the molecule is CCc1cc2cccc(F)c2nc1-c1ccc(C(F)(F)F)cc1. The molecule has 23 heavy (non-hydrogen) atoms. The van der Waals surface area contributed by atoms with Crippen LogP contribution in [0.25, 0.3) is 22.2 Å². The van der Waals surface area contributed by atoms with Gasteiger partial charge in [0.25, 0.3) is 0 Å². The molecule has 0 atom stereocenters. The Labute approximate surface area is 130 Å². The van der Waals surface area contributed by atoms with Crippen LogP contribution in [0.5, 0.6) is 0 Å². The second kappa shape index (κ2) is 5.65. The van der Waals surface area contributed by atoms with Crippen molar-refractivity contribution in [2.45, 2.75) is 19.5 Å². The number of aryl methyl sites for hydroxylation is 1. The largest absolute Gasteiger partial charge is 0.416 e. The van der Waals surface area contributed by atoms with Crippen molar-refractivity contribution in [1.29, 1.82) is 0 Å². The van der Waals surface area contributed by atoms with Crippen molar-refractivity contribution in [3.05, 3.63) is 65.5 Å². The van der Waals surface area contributed by atoms with E-state index < -0.39 is 17.6 Å². The van der Waals surface area contributed by atoms with Crippen LogP contribution in [-0.2, 0) is 12.6 Å². The van der Waals surface area contributed by atoms with E-state index in [2.05, 4.69) is 4.98 Å². The van der Waals surface area contributed by atoms with Crippen LogP contribution >= 0.6 is 0 Å². The topological polar surface area (TPSA) is 12.9 Å². The molecule has 3 rings (SSSR count). The summed E-state index contributed by atoms with van der Waals surface area (Å²) in [5, 5.41) is 0.678. The summed E-state index contributed by atoms with van der Waals surface area (Å²) in [4.78, 5) is 4.35. The highest BCUT2D eigenvalue weighted by atomic mass is 19.4. The summed E-state index contributed by atoms with van der Waals surface area (Å²) in [5.41, 5.74) is 1.42. The van der Waals surface area contributed by atoms with Crippen molar-refractivity contribution in [2.24, 2.45) is 0 Å². The highest BCUT2D eigenvalue weighted by molar-refractivity contribution is 5.83. The molecule has 1 nitrogen and oxygen atoms in total. The zero-order valence-corrected chi connectivity index (χ0v) is 12.3. The quantitative estimate of drug-likeness (QED) is 0.558. The van der Waals surface area contributed by atoms with E-state index in [1.165, 1.54) is 18.2 Å². The molecule has 5 heteroatoms. The van der Waals surface area contributed by atoms with Crippen LogP contribution in [0, 0.1) is 5.82 Å². The van der Waals surface area contributed by atoms with Gasteiger partial charge < -0.3 is 0 Å². The number of hydrogen-bond acceptors (Lipinski definition) is 1. The molecule has 3 aromatic rings. The summed E-state index contributed by atoms with van der Waals surface area (Å²) in [7, 11) is 0. The summed E-state index contributed by atoms with van der Waals surface area (Å²) < 4.78 is 51.9. The first kappa shape index (κ1) is 15.5. The molecule has 0 saturated heterocycles. The third-order valence-corrected chi connectivity index (χ3v) is 3.74. The lowest BCUT2D eigenvalue weighted by molar-refractivity contribution is -0.137. The summed E-state index contributed by atoms with van der Waals surface area (Å²) in [5.74, 6) is -0.446. The van der Waals surface area contributed by atoms with Gasteiger partial charge in [0, 0.05) is 10.9 Å². The number of benzene rings is 2. The van der Waals surface area contributed by atoms with Gasteiger partial charge in [-0.15, -0.1) is 0 Å². The third-order valence-electron chi connectivity index (χ3n) is 3.74. The van der Waals surface area contributed by atoms with Crippen LogP contribution in [0.4, 0.5) is 17.6 Å². The molecule has 1 aromatic heterocycles. The van der Waals surface area contributed by atoms with Crippen LogP contribution in [-0.4, -0.2) is 4.98 Å². The van der Waals surface area contributed by atoms with Gasteiger partial charge in [0.1, 0.15) is 11.3 Å². The number of nitrogens with zero attached hydrogens (tertiary/aromatic N) is 1. The standard InChI is InChI=1S/C18H13F4N/c1-2-11-10-13-4-3-5-15(19)17(13)23-16(11)12-6-8-14(9-7-12)18(20,21)22/h3-10H,2H2,1H3. The smallest absolute Gasteiger partial charge is 0.244 e. The van der Waals surface area contributed by atoms with Crippen molar-refractivity contribution >= 4 is 10.9 Å². The fourth-order valence-corrected chi connectivity index (χ4v) is 2.54. The monoisotopic (exact) mass is 319 g/mol. The highest BCUT2D eigenvalue weighted by Crippen LogP contribution is 2.32. The molecule has 0 fully saturated rings. The van der Waals surface area contributed by atoms with Crippen molar-refractivity contribution in [3.63, 3.8) is 0 Å². The number of para-hydroxylation sites is 1. The maximum Gasteiger partial charge on any atom is 0.416 e. The summed E-state index contributed by atoms with van der Waals surface area (Å²) in [6.45, 7) is 1.93. The van der Waals surface area contributed by atoms with Gasteiger partial charge >= 0.3 is 6.18 Å². The Hall–Kier alpha value is -2.43. The molecule has 0 amide bonds. The van der Waals surface area contributed by atoms with E-state index >= 15 is 0 Å². The Morgan fingerprint density at radius 2 is 1.70 bits per heavy atom. The number of hydrogen-bond donors (Lipinski definition) is 0. The van der Waals surface area contributed by atoms with Crippen LogP contribution in [0.1, 0.15) is 18.1 Å². The molecular formula is C18H13F4N. The lowest BCUT2D eigenvalue weighted by Gasteiger charge is -2.11. The van der Waals surface area contributed by atoms with Crippen molar-refractivity contribution in [2.75, 3.05) is 0 Å². The molecule has 118 valence electrons. The van der Waals surface area contributed by atoms with Crippen LogP contribution in [0.2, 0.25) is 0 Å². The maximum atomic E-state index is 13.9. The molecule has 0 aliphatic carbocycles. The number of aromatic nitrogens is 1. The van der Waals surface area contributed by atoms with Crippen LogP contribution in [0.3, 0.4) is 0 Å².